The van der Waals surface area contributed by atoms with Crippen molar-refractivity contribution in [3.05, 3.63) is 39.9 Å². The van der Waals surface area contributed by atoms with Crippen molar-refractivity contribution < 1.29 is 0 Å². The van der Waals surface area contributed by atoms with E-state index in [2.05, 4.69) is 69.1 Å². The van der Waals surface area contributed by atoms with Gasteiger partial charge in [0.25, 0.3) is 0 Å². The zero-order chi connectivity index (χ0) is 8.97. The molecular weight excluding hydrogens is 280 g/mol. The Bertz CT molecular complexity index is 290. The van der Waals surface area contributed by atoms with Crippen molar-refractivity contribution in [1.82, 2.24) is 0 Å². The number of rotatable bonds is 2. The third-order valence-electron chi connectivity index (χ3n) is 1.60. The summed E-state index contributed by atoms with van der Waals surface area (Å²) in [7, 11) is 0. The summed E-state index contributed by atoms with van der Waals surface area (Å²) in [4.78, 5) is 0. The fourth-order valence-corrected chi connectivity index (χ4v) is 1.48. The van der Waals surface area contributed by atoms with Crippen LogP contribution in [-0.4, -0.2) is 5.33 Å². The molecule has 0 aliphatic rings. The van der Waals surface area contributed by atoms with E-state index in [4.69, 9.17) is 0 Å². The lowest BCUT2D eigenvalue weighted by molar-refractivity contribution is 1.42. The Kier molecular flexibility index (Phi) is 4.02. The highest BCUT2D eigenvalue weighted by molar-refractivity contribution is 9.10. The number of hydrogen-bond acceptors (Lipinski definition) is 0. The maximum absolute atomic E-state index is 3.49. The number of alkyl halides is 1. The van der Waals surface area contributed by atoms with Gasteiger partial charge in [-0.1, -0.05) is 56.1 Å². The summed E-state index contributed by atoms with van der Waals surface area (Å²) >= 11 is 6.83. The number of hydrogen-bond donors (Lipinski definition) is 0. The number of benzene rings is 1. The van der Waals surface area contributed by atoms with Gasteiger partial charge < -0.3 is 0 Å². The smallest absolute Gasteiger partial charge is 0.0215 e. The molecule has 0 aromatic heterocycles. The molecule has 0 amide bonds. The molecule has 12 heavy (non-hydrogen) atoms. The Morgan fingerprint density at radius 3 is 2.75 bits per heavy atom. The van der Waals surface area contributed by atoms with Crippen LogP contribution in [0.15, 0.2) is 28.7 Å². The SMILES string of the molecule is Cc1ccc(/C=C/CBr)cc1Br. The molecule has 0 saturated heterocycles. The zero-order valence-corrected chi connectivity index (χ0v) is 10.0. The van der Waals surface area contributed by atoms with Crippen LogP contribution in [0.3, 0.4) is 0 Å². The Morgan fingerprint density at radius 1 is 1.42 bits per heavy atom. The van der Waals surface area contributed by atoms with Gasteiger partial charge in [-0.2, -0.15) is 0 Å². The Morgan fingerprint density at radius 2 is 2.17 bits per heavy atom. The van der Waals surface area contributed by atoms with Crippen LogP contribution in [-0.2, 0) is 0 Å². The van der Waals surface area contributed by atoms with Gasteiger partial charge in [0.15, 0.2) is 0 Å². The van der Waals surface area contributed by atoms with Crippen molar-refractivity contribution in [2.75, 3.05) is 5.33 Å². The molecule has 1 rings (SSSR count). The summed E-state index contributed by atoms with van der Waals surface area (Å²) in [6.07, 6.45) is 4.18. The van der Waals surface area contributed by atoms with Gasteiger partial charge in [0.05, 0.1) is 0 Å². The fourth-order valence-electron chi connectivity index (χ4n) is 0.893. The van der Waals surface area contributed by atoms with Crippen LogP contribution in [0.2, 0.25) is 0 Å². The first kappa shape index (κ1) is 10.0. The first-order valence-electron chi connectivity index (χ1n) is 3.72. The third kappa shape index (κ3) is 2.76. The molecule has 0 N–H and O–H groups in total. The molecule has 0 aliphatic carbocycles. The van der Waals surface area contributed by atoms with E-state index >= 15 is 0 Å². The van der Waals surface area contributed by atoms with Gasteiger partial charge in [0.2, 0.25) is 0 Å². The lowest BCUT2D eigenvalue weighted by atomic mass is 10.1. The average Bonchev–Trinajstić information content (AvgIpc) is 2.07. The van der Waals surface area contributed by atoms with Crippen LogP contribution in [0, 0.1) is 6.92 Å². The van der Waals surface area contributed by atoms with Gasteiger partial charge in [-0.15, -0.1) is 0 Å². The van der Waals surface area contributed by atoms with E-state index in [1.807, 2.05) is 0 Å². The Hall–Kier alpha value is -0.0800. The summed E-state index contributed by atoms with van der Waals surface area (Å²) in [5, 5.41) is 0.901. The molecule has 0 heterocycles. The van der Waals surface area contributed by atoms with E-state index in [1.54, 1.807) is 0 Å². The summed E-state index contributed by atoms with van der Waals surface area (Å²) in [5.74, 6) is 0. The molecule has 0 bridgehead atoms. The van der Waals surface area contributed by atoms with Crippen LogP contribution in [0.4, 0.5) is 0 Å². The van der Waals surface area contributed by atoms with Crippen molar-refractivity contribution in [3.63, 3.8) is 0 Å². The zero-order valence-electron chi connectivity index (χ0n) is 6.85. The van der Waals surface area contributed by atoms with Gasteiger partial charge in [-0.25, -0.2) is 0 Å². The van der Waals surface area contributed by atoms with Crippen molar-refractivity contribution in [2.45, 2.75) is 6.92 Å². The van der Waals surface area contributed by atoms with E-state index in [1.165, 1.54) is 15.6 Å². The molecule has 0 saturated carbocycles. The highest BCUT2D eigenvalue weighted by Crippen LogP contribution is 2.18. The standard InChI is InChI=1S/C10H10Br2/c1-8-4-5-9(3-2-6-11)7-10(8)12/h2-5,7H,6H2,1H3/b3-2+. The minimum Gasteiger partial charge on any atom is -0.0883 e. The predicted octanol–water partition coefficient (Wildman–Crippen LogP) is 4.17. The second kappa shape index (κ2) is 4.83. The summed E-state index contributed by atoms with van der Waals surface area (Å²) in [5.41, 5.74) is 2.50. The predicted molar refractivity (Wildman–Crippen MR) is 61.7 cm³/mol. The van der Waals surface area contributed by atoms with Crippen LogP contribution >= 0.6 is 31.9 Å². The van der Waals surface area contributed by atoms with Gasteiger partial charge in [0.1, 0.15) is 0 Å². The molecule has 0 nitrogen and oxygen atoms in total. The third-order valence-corrected chi connectivity index (χ3v) is 2.82. The van der Waals surface area contributed by atoms with Crippen molar-refractivity contribution in [3.8, 4) is 0 Å². The molecule has 0 radical (unpaired) electrons. The highest BCUT2D eigenvalue weighted by atomic mass is 79.9. The second-order valence-electron chi connectivity index (χ2n) is 2.57. The van der Waals surface area contributed by atoms with Crippen LogP contribution in [0.5, 0.6) is 0 Å². The minimum atomic E-state index is 0.901. The maximum atomic E-state index is 3.49. The van der Waals surface area contributed by atoms with E-state index in [0.717, 1.165) is 5.33 Å². The number of allylic oxidation sites excluding steroid dienone is 1. The molecular formula is C10H10Br2. The van der Waals surface area contributed by atoms with Crippen molar-refractivity contribution in [2.24, 2.45) is 0 Å². The van der Waals surface area contributed by atoms with Gasteiger partial charge in [-0.05, 0) is 24.1 Å². The quantitative estimate of drug-likeness (QED) is 0.717. The van der Waals surface area contributed by atoms with Crippen molar-refractivity contribution >= 4 is 37.9 Å². The average molecular weight is 290 g/mol. The van der Waals surface area contributed by atoms with Gasteiger partial charge in [0, 0.05) is 9.80 Å². The Balaban J connectivity index is 2.89. The molecule has 0 aliphatic heterocycles. The van der Waals surface area contributed by atoms with Crippen molar-refractivity contribution in [1.29, 1.82) is 0 Å². The minimum absolute atomic E-state index is 0.901. The lowest BCUT2D eigenvalue weighted by Gasteiger charge is -1.98. The fraction of sp³-hybridized carbons (Fsp3) is 0.200. The van der Waals surface area contributed by atoms with Crippen LogP contribution < -0.4 is 0 Å². The molecule has 0 atom stereocenters. The summed E-state index contributed by atoms with van der Waals surface area (Å²) < 4.78 is 1.17. The lowest BCUT2D eigenvalue weighted by Crippen LogP contribution is -1.77. The molecule has 0 fully saturated rings. The highest BCUT2D eigenvalue weighted by Gasteiger charge is 1.93. The first-order chi connectivity index (χ1) is 5.74. The van der Waals surface area contributed by atoms with Crippen LogP contribution in [0.25, 0.3) is 6.08 Å². The number of aryl methyl sites for hydroxylation is 1. The number of halogens is 2. The van der Waals surface area contributed by atoms with E-state index in [-0.39, 0.29) is 0 Å². The van der Waals surface area contributed by atoms with Gasteiger partial charge >= 0.3 is 0 Å². The molecule has 64 valence electrons. The van der Waals surface area contributed by atoms with E-state index in [9.17, 15) is 0 Å². The van der Waals surface area contributed by atoms with E-state index in [0.29, 0.717) is 0 Å². The molecule has 1 aromatic carbocycles. The molecule has 1 aromatic rings. The van der Waals surface area contributed by atoms with E-state index < -0.39 is 0 Å². The largest absolute Gasteiger partial charge is 0.0883 e. The molecule has 0 unspecified atom stereocenters. The summed E-state index contributed by atoms with van der Waals surface area (Å²) in [6.45, 7) is 2.09. The summed E-state index contributed by atoms with van der Waals surface area (Å²) in [6, 6.07) is 6.34. The van der Waals surface area contributed by atoms with Gasteiger partial charge in [-0.3, -0.25) is 0 Å². The second-order valence-corrected chi connectivity index (χ2v) is 4.07. The monoisotopic (exact) mass is 288 g/mol. The normalized spacial score (nSPS) is 10.9. The molecule has 2 heteroatoms. The van der Waals surface area contributed by atoms with Crippen LogP contribution in [0.1, 0.15) is 11.1 Å². The molecule has 0 spiro atoms. The topological polar surface area (TPSA) is 0 Å². The maximum Gasteiger partial charge on any atom is 0.0215 e. The first-order valence-corrected chi connectivity index (χ1v) is 5.64. The Labute approximate surface area is 89.9 Å².